The average molecular weight is 234 g/mol. The fourth-order valence-corrected chi connectivity index (χ4v) is 1.89. The van der Waals surface area contributed by atoms with Gasteiger partial charge in [-0.2, -0.15) is 0 Å². The molecule has 0 spiro atoms. The van der Waals surface area contributed by atoms with Crippen LogP contribution in [0.2, 0.25) is 0 Å². The predicted octanol–water partition coefficient (Wildman–Crippen LogP) is 3.51. The van der Waals surface area contributed by atoms with Crippen molar-refractivity contribution in [2.24, 2.45) is 0 Å². The van der Waals surface area contributed by atoms with Gasteiger partial charge in [-0.1, -0.05) is 60.4 Å². The Hall–Kier alpha value is -2.51. The van der Waals surface area contributed by atoms with Gasteiger partial charge in [-0.3, -0.25) is 0 Å². The molecule has 1 heteroatoms. The van der Waals surface area contributed by atoms with Gasteiger partial charge in [0, 0.05) is 16.7 Å². The lowest BCUT2D eigenvalue weighted by Gasteiger charge is -2.21. The largest absolute Gasteiger partial charge is 0.222 e. The van der Waals surface area contributed by atoms with Crippen LogP contribution < -0.4 is 0 Å². The van der Waals surface area contributed by atoms with Crippen LogP contribution in [0.15, 0.2) is 54.6 Å². The molecule has 2 aromatic rings. The van der Waals surface area contributed by atoms with E-state index in [0.29, 0.717) is 16.7 Å². The first-order valence-electron chi connectivity index (χ1n) is 5.50. The van der Waals surface area contributed by atoms with E-state index in [9.17, 15) is 0 Å². The summed E-state index contributed by atoms with van der Waals surface area (Å²) in [6.45, 7) is 0. The minimum atomic E-state index is -2.00. The lowest BCUT2D eigenvalue weighted by molar-refractivity contribution is 0.307. The molecule has 86 valence electrons. The third kappa shape index (κ3) is 1.88. The summed E-state index contributed by atoms with van der Waals surface area (Å²) in [5.41, 5.74) is -0.775. The zero-order valence-corrected chi connectivity index (χ0v) is 9.73. The molecule has 0 radical (unpaired) electrons. The van der Waals surface area contributed by atoms with Gasteiger partial charge in [-0.25, -0.2) is 4.39 Å². The molecule has 0 amide bonds. The van der Waals surface area contributed by atoms with E-state index in [4.69, 9.17) is 12.8 Å². The highest BCUT2D eigenvalue weighted by atomic mass is 19.1. The van der Waals surface area contributed by atoms with E-state index in [1.165, 1.54) is 0 Å². The van der Waals surface area contributed by atoms with Gasteiger partial charge in [0.25, 0.3) is 0 Å². The van der Waals surface area contributed by atoms with Crippen molar-refractivity contribution in [3.63, 3.8) is 0 Å². The van der Waals surface area contributed by atoms with Gasteiger partial charge in [-0.15, -0.1) is 12.8 Å². The number of terminal acetylenes is 2. The van der Waals surface area contributed by atoms with Crippen molar-refractivity contribution in [2.45, 2.75) is 5.67 Å². The van der Waals surface area contributed by atoms with Crippen LogP contribution in [0.1, 0.15) is 16.7 Å². The van der Waals surface area contributed by atoms with Crippen molar-refractivity contribution < 1.29 is 4.39 Å². The molecule has 0 aliphatic rings. The molecule has 0 aliphatic heterocycles. The van der Waals surface area contributed by atoms with Gasteiger partial charge in [-0.05, 0) is 6.07 Å². The van der Waals surface area contributed by atoms with Crippen LogP contribution in [-0.4, -0.2) is 0 Å². The van der Waals surface area contributed by atoms with Crippen LogP contribution in [-0.2, 0) is 5.67 Å². The number of rotatable bonds is 2. The van der Waals surface area contributed by atoms with Crippen LogP contribution in [0, 0.1) is 24.7 Å². The molecule has 0 bridgehead atoms. The highest BCUT2D eigenvalue weighted by Gasteiger charge is 2.33. The molecular formula is C17H11F. The molecule has 0 fully saturated rings. The average Bonchev–Trinajstić information content (AvgIpc) is 2.47. The monoisotopic (exact) mass is 234 g/mol. The first-order chi connectivity index (χ1) is 8.72. The minimum absolute atomic E-state index is 0.334. The summed E-state index contributed by atoms with van der Waals surface area (Å²) in [6.07, 6.45) is 10.8. The molecule has 0 nitrogen and oxygen atoms in total. The van der Waals surface area contributed by atoms with E-state index >= 15 is 4.39 Å². The van der Waals surface area contributed by atoms with Gasteiger partial charge in [0.05, 0.1) is 0 Å². The topological polar surface area (TPSA) is 0 Å². The maximum absolute atomic E-state index is 15.1. The number of alkyl halides is 1. The zero-order chi connectivity index (χ0) is 13.0. The first-order valence-corrected chi connectivity index (χ1v) is 5.50. The molecule has 0 saturated heterocycles. The molecule has 0 heterocycles. The van der Waals surface area contributed by atoms with E-state index in [1.807, 2.05) is 6.07 Å². The zero-order valence-electron chi connectivity index (χ0n) is 9.73. The normalized spacial score (nSPS) is 13.1. The molecule has 18 heavy (non-hydrogen) atoms. The lowest BCUT2D eigenvalue weighted by Crippen LogP contribution is -2.20. The Morgan fingerprint density at radius 3 is 2.11 bits per heavy atom. The number of benzene rings is 2. The summed E-state index contributed by atoms with van der Waals surface area (Å²) in [5.74, 6) is 4.69. The van der Waals surface area contributed by atoms with Gasteiger partial charge < -0.3 is 0 Å². The SMILES string of the molecule is C#Cc1ccccc1C(F)(C#C)c1ccccc1. The summed E-state index contributed by atoms with van der Waals surface area (Å²) < 4.78 is 15.1. The Morgan fingerprint density at radius 2 is 1.50 bits per heavy atom. The van der Waals surface area contributed by atoms with Crippen LogP contribution in [0.4, 0.5) is 4.39 Å². The number of hydrogen-bond acceptors (Lipinski definition) is 0. The minimum Gasteiger partial charge on any atom is -0.219 e. The number of halogens is 1. The van der Waals surface area contributed by atoms with Gasteiger partial charge in [0.1, 0.15) is 0 Å². The third-order valence-electron chi connectivity index (χ3n) is 2.82. The maximum atomic E-state index is 15.1. The van der Waals surface area contributed by atoms with E-state index in [2.05, 4.69) is 11.8 Å². The van der Waals surface area contributed by atoms with E-state index in [-0.39, 0.29) is 0 Å². The fraction of sp³-hybridized carbons (Fsp3) is 0.0588. The molecule has 2 rings (SSSR count). The molecule has 0 aliphatic carbocycles. The molecule has 1 atom stereocenters. The summed E-state index contributed by atoms with van der Waals surface area (Å²) in [6, 6.07) is 15.4. The Kier molecular flexibility index (Phi) is 3.18. The molecular weight excluding hydrogens is 223 g/mol. The third-order valence-corrected chi connectivity index (χ3v) is 2.82. The standard InChI is InChI=1S/C17H11F/c1-3-14-10-8-9-13-16(14)17(18,4-2)15-11-6-5-7-12-15/h1-2,5-13H. The van der Waals surface area contributed by atoms with Crippen LogP contribution in [0.5, 0.6) is 0 Å². The molecule has 0 N–H and O–H groups in total. The van der Waals surface area contributed by atoms with Crippen molar-refractivity contribution >= 4 is 0 Å². The maximum Gasteiger partial charge on any atom is 0.222 e. The van der Waals surface area contributed by atoms with Crippen molar-refractivity contribution in [1.29, 1.82) is 0 Å². The van der Waals surface area contributed by atoms with Crippen molar-refractivity contribution in [2.75, 3.05) is 0 Å². The van der Waals surface area contributed by atoms with Gasteiger partial charge >= 0.3 is 0 Å². The summed E-state index contributed by atoms with van der Waals surface area (Å²) in [5, 5.41) is 0. The van der Waals surface area contributed by atoms with Crippen molar-refractivity contribution in [1.82, 2.24) is 0 Å². The van der Waals surface area contributed by atoms with E-state index in [0.717, 1.165) is 0 Å². The first kappa shape index (κ1) is 12.0. The summed E-state index contributed by atoms with van der Waals surface area (Å²) >= 11 is 0. The van der Waals surface area contributed by atoms with Crippen LogP contribution >= 0.6 is 0 Å². The fourth-order valence-electron chi connectivity index (χ4n) is 1.89. The lowest BCUT2D eigenvalue weighted by atomic mass is 9.86. The van der Waals surface area contributed by atoms with Crippen LogP contribution in [0.25, 0.3) is 0 Å². The summed E-state index contributed by atoms with van der Waals surface area (Å²) in [4.78, 5) is 0. The van der Waals surface area contributed by atoms with Gasteiger partial charge in [0.2, 0.25) is 5.67 Å². The van der Waals surface area contributed by atoms with Crippen molar-refractivity contribution in [3.05, 3.63) is 71.3 Å². The van der Waals surface area contributed by atoms with Crippen LogP contribution in [0.3, 0.4) is 0 Å². The second-order valence-corrected chi connectivity index (χ2v) is 3.86. The highest BCUT2D eigenvalue weighted by molar-refractivity contribution is 5.52. The Bertz CT molecular complexity index is 629. The Morgan fingerprint density at radius 1 is 0.889 bits per heavy atom. The van der Waals surface area contributed by atoms with E-state index in [1.54, 1.807) is 48.5 Å². The van der Waals surface area contributed by atoms with Crippen molar-refractivity contribution in [3.8, 4) is 24.7 Å². The van der Waals surface area contributed by atoms with E-state index < -0.39 is 5.67 Å². The second kappa shape index (κ2) is 4.78. The molecule has 1 unspecified atom stereocenters. The quantitative estimate of drug-likeness (QED) is 0.697. The van der Waals surface area contributed by atoms with Gasteiger partial charge in [0.15, 0.2) is 0 Å². The molecule has 0 saturated carbocycles. The smallest absolute Gasteiger partial charge is 0.219 e. The number of hydrogen-bond donors (Lipinski definition) is 0. The Balaban J connectivity index is 2.67. The second-order valence-electron chi connectivity index (χ2n) is 3.86. The molecule has 2 aromatic carbocycles. The predicted molar refractivity (Wildman–Crippen MR) is 71.5 cm³/mol. The highest BCUT2D eigenvalue weighted by Crippen LogP contribution is 2.34. The summed E-state index contributed by atoms with van der Waals surface area (Å²) in [7, 11) is 0. The Labute approximate surface area is 106 Å². The molecule has 0 aromatic heterocycles.